The second-order valence-electron chi connectivity index (χ2n) is 4.56. The van der Waals surface area contributed by atoms with E-state index in [0.717, 1.165) is 38.4 Å². The number of amides is 1. The van der Waals surface area contributed by atoms with Crippen LogP contribution < -0.4 is 0 Å². The number of carbonyl (C=O) groups excluding carboxylic acids is 1. The van der Waals surface area contributed by atoms with Crippen molar-refractivity contribution in [1.82, 2.24) is 14.8 Å². The summed E-state index contributed by atoms with van der Waals surface area (Å²) in [5.41, 5.74) is 3.60. The van der Waals surface area contributed by atoms with Gasteiger partial charge in [-0.25, -0.2) is 4.98 Å². The van der Waals surface area contributed by atoms with E-state index >= 15 is 0 Å². The number of aromatic nitrogens is 1. The van der Waals surface area contributed by atoms with Crippen LogP contribution in [-0.2, 0) is 6.54 Å². The lowest BCUT2D eigenvalue weighted by Crippen LogP contribution is -2.48. The van der Waals surface area contributed by atoms with Gasteiger partial charge in [0.1, 0.15) is 6.26 Å². The molecule has 6 heteroatoms. The quantitative estimate of drug-likeness (QED) is 0.856. The number of nitrogens with zero attached hydrogens (tertiary/aromatic N) is 3. The van der Waals surface area contributed by atoms with E-state index in [9.17, 15) is 4.79 Å². The molecule has 0 unspecified atom stereocenters. The third-order valence-corrected chi connectivity index (χ3v) is 3.93. The number of rotatable bonds is 3. The van der Waals surface area contributed by atoms with Crippen LogP contribution in [0.25, 0.3) is 0 Å². The monoisotopic (exact) mass is 277 g/mol. The normalized spacial score (nSPS) is 16.7. The average molecular weight is 277 g/mol. The highest BCUT2D eigenvalue weighted by Crippen LogP contribution is 2.12. The number of carbonyl (C=O) groups is 1. The van der Waals surface area contributed by atoms with E-state index in [0.29, 0.717) is 5.56 Å². The molecule has 5 nitrogen and oxygen atoms in total. The van der Waals surface area contributed by atoms with Crippen molar-refractivity contribution in [3.05, 3.63) is 40.7 Å². The van der Waals surface area contributed by atoms with Crippen molar-refractivity contribution in [3.8, 4) is 0 Å². The van der Waals surface area contributed by atoms with Gasteiger partial charge in [-0.05, 0) is 6.07 Å². The maximum Gasteiger partial charge on any atom is 0.257 e. The molecule has 0 saturated carbocycles. The predicted molar refractivity (Wildman–Crippen MR) is 72.0 cm³/mol. The van der Waals surface area contributed by atoms with Gasteiger partial charge in [0, 0.05) is 38.1 Å². The summed E-state index contributed by atoms with van der Waals surface area (Å²) in [7, 11) is 0. The molecule has 0 radical (unpaired) electrons. The second-order valence-corrected chi connectivity index (χ2v) is 5.28. The summed E-state index contributed by atoms with van der Waals surface area (Å²) in [5, 5.41) is 2.07. The fourth-order valence-electron chi connectivity index (χ4n) is 2.22. The lowest BCUT2D eigenvalue weighted by Gasteiger charge is -2.34. The van der Waals surface area contributed by atoms with Gasteiger partial charge in [-0.2, -0.15) is 0 Å². The molecule has 2 aromatic rings. The molecule has 2 aromatic heterocycles. The van der Waals surface area contributed by atoms with Crippen molar-refractivity contribution in [2.75, 3.05) is 26.2 Å². The van der Waals surface area contributed by atoms with Gasteiger partial charge in [-0.3, -0.25) is 9.69 Å². The first kappa shape index (κ1) is 12.4. The lowest BCUT2D eigenvalue weighted by molar-refractivity contribution is 0.0626. The fourth-order valence-corrected chi connectivity index (χ4v) is 2.77. The highest BCUT2D eigenvalue weighted by atomic mass is 32.1. The molecule has 3 heterocycles. The van der Waals surface area contributed by atoms with Crippen LogP contribution in [0.4, 0.5) is 0 Å². The van der Waals surface area contributed by atoms with Gasteiger partial charge in [0.05, 0.1) is 23.0 Å². The Bertz CT molecular complexity index is 516. The van der Waals surface area contributed by atoms with Crippen LogP contribution in [0.2, 0.25) is 0 Å². The fraction of sp³-hybridized carbons (Fsp3) is 0.385. The smallest absolute Gasteiger partial charge is 0.257 e. The van der Waals surface area contributed by atoms with Gasteiger partial charge < -0.3 is 9.32 Å². The van der Waals surface area contributed by atoms with Crippen LogP contribution in [0.3, 0.4) is 0 Å². The van der Waals surface area contributed by atoms with Crippen molar-refractivity contribution in [3.63, 3.8) is 0 Å². The van der Waals surface area contributed by atoms with E-state index in [1.54, 1.807) is 17.4 Å². The van der Waals surface area contributed by atoms with Gasteiger partial charge in [0.15, 0.2) is 0 Å². The van der Waals surface area contributed by atoms with Crippen LogP contribution in [0, 0.1) is 0 Å². The Morgan fingerprint density at radius 3 is 2.84 bits per heavy atom. The van der Waals surface area contributed by atoms with Gasteiger partial charge in [-0.15, -0.1) is 11.3 Å². The second kappa shape index (κ2) is 5.54. The molecule has 0 N–H and O–H groups in total. The maximum atomic E-state index is 12.1. The molecule has 100 valence electrons. The molecule has 19 heavy (non-hydrogen) atoms. The van der Waals surface area contributed by atoms with Crippen LogP contribution >= 0.6 is 11.3 Å². The van der Waals surface area contributed by atoms with E-state index < -0.39 is 0 Å². The molecule has 0 atom stereocenters. The maximum absolute atomic E-state index is 12.1. The third kappa shape index (κ3) is 2.85. The van der Waals surface area contributed by atoms with E-state index in [2.05, 4.69) is 15.3 Å². The minimum absolute atomic E-state index is 0.0575. The largest absolute Gasteiger partial charge is 0.472 e. The molecule has 1 saturated heterocycles. The van der Waals surface area contributed by atoms with Crippen LogP contribution in [0.1, 0.15) is 16.1 Å². The first-order chi connectivity index (χ1) is 9.33. The predicted octanol–water partition coefficient (Wildman–Crippen LogP) is 1.69. The first-order valence-corrected chi connectivity index (χ1v) is 7.18. The summed E-state index contributed by atoms with van der Waals surface area (Å²) in [4.78, 5) is 20.6. The van der Waals surface area contributed by atoms with E-state index in [1.165, 1.54) is 12.5 Å². The molecule has 0 aromatic carbocycles. The van der Waals surface area contributed by atoms with Crippen LogP contribution in [0.5, 0.6) is 0 Å². The molecule has 0 spiro atoms. The van der Waals surface area contributed by atoms with Crippen LogP contribution in [0.15, 0.2) is 33.9 Å². The minimum Gasteiger partial charge on any atom is -0.472 e. The standard InChI is InChI=1S/C13H15N3O2S/c17-13(11-1-6-18-8-11)16-4-2-15(3-5-16)7-12-9-19-10-14-12/h1,6,8-10H,2-5,7H2. The van der Waals surface area contributed by atoms with Crippen molar-refractivity contribution in [2.45, 2.75) is 6.54 Å². The molecule has 1 aliphatic heterocycles. The molecule has 3 rings (SSSR count). The minimum atomic E-state index is 0.0575. The number of hydrogen-bond acceptors (Lipinski definition) is 5. The average Bonchev–Trinajstić information content (AvgIpc) is 3.12. The Morgan fingerprint density at radius 2 is 2.21 bits per heavy atom. The van der Waals surface area contributed by atoms with E-state index in [1.807, 2.05) is 10.4 Å². The number of piperazine rings is 1. The number of thiazole rings is 1. The Labute approximate surface area is 115 Å². The third-order valence-electron chi connectivity index (χ3n) is 3.30. The lowest BCUT2D eigenvalue weighted by atomic mass is 10.2. The van der Waals surface area contributed by atoms with Crippen LogP contribution in [-0.4, -0.2) is 46.9 Å². The zero-order chi connectivity index (χ0) is 13.1. The molecule has 1 fully saturated rings. The molecule has 1 amide bonds. The summed E-state index contributed by atoms with van der Waals surface area (Å²) in [6, 6.07) is 1.71. The summed E-state index contributed by atoms with van der Waals surface area (Å²) < 4.78 is 4.95. The topological polar surface area (TPSA) is 49.6 Å². The molecule has 0 aliphatic carbocycles. The molecular weight excluding hydrogens is 262 g/mol. The molecular formula is C13H15N3O2S. The summed E-state index contributed by atoms with van der Waals surface area (Å²) >= 11 is 1.62. The Balaban J connectivity index is 1.53. The first-order valence-electron chi connectivity index (χ1n) is 6.24. The zero-order valence-electron chi connectivity index (χ0n) is 10.5. The van der Waals surface area contributed by atoms with Crippen molar-refractivity contribution < 1.29 is 9.21 Å². The molecule has 1 aliphatic rings. The van der Waals surface area contributed by atoms with E-state index in [4.69, 9.17) is 4.42 Å². The van der Waals surface area contributed by atoms with Gasteiger partial charge in [0.25, 0.3) is 5.91 Å². The van der Waals surface area contributed by atoms with Gasteiger partial charge in [0.2, 0.25) is 0 Å². The Hall–Kier alpha value is -1.66. The summed E-state index contributed by atoms with van der Waals surface area (Å²) in [5.74, 6) is 0.0575. The van der Waals surface area contributed by atoms with Crippen molar-refractivity contribution in [2.24, 2.45) is 0 Å². The summed E-state index contributed by atoms with van der Waals surface area (Å²) in [6.45, 7) is 4.17. The summed E-state index contributed by atoms with van der Waals surface area (Å²) in [6.07, 6.45) is 3.04. The highest BCUT2D eigenvalue weighted by molar-refractivity contribution is 7.07. The zero-order valence-corrected chi connectivity index (χ0v) is 11.3. The van der Waals surface area contributed by atoms with Gasteiger partial charge in [-0.1, -0.05) is 0 Å². The Kier molecular flexibility index (Phi) is 3.61. The van der Waals surface area contributed by atoms with E-state index in [-0.39, 0.29) is 5.91 Å². The Morgan fingerprint density at radius 1 is 1.37 bits per heavy atom. The van der Waals surface area contributed by atoms with Crippen molar-refractivity contribution >= 4 is 17.2 Å². The number of furan rings is 1. The SMILES string of the molecule is O=C(c1ccoc1)N1CCN(Cc2cscn2)CC1. The highest BCUT2D eigenvalue weighted by Gasteiger charge is 2.22. The van der Waals surface area contributed by atoms with Gasteiger partial charge >= 0.3 is 0 Å². The van der Waals surface area contributed by atoms with Crippen molar-refractivity contribution in [1.29, 1.82) is 0 Å². The molecule has 0 bridgehead atoms. The number of hydrogen-bond donors (Lipinski definition) is 0.